The van der Waals surface area contributed by atoms with Gasteiger partial charge in [-0.1, -0.05) is 84.0 Å². The fraction of sp³-hybridized carbons (Fsp3) is 0.931. The SMILES string of the molecule is CCCCCCCCCN(C(=O)OC(C)(C)C1CCCCC1)C(=O)OC(C)(C)C1CCCCC1. The molecule has 2 aliphatic carbocycles. The standard InChI is InChI=1S/C29H53NO4/c1-6-7-8-9-10-11-18-23-30(26(31)33-28(2,3)24-19-14-12-15-20-24)27(32)34-29(4,5)25-21-16-13-17-22-25/h24-25H,6-23H2,1-5H3. The van der Waals surface area contributed by atoms with Gasteiger partial charge in [-0.2, -0.15) is 0 Å². The maximum atomic E-state index is 13.3. The number of unbranched alkanes of at least 4 members (excludes halogenated alkanes) is 6. The minimum absolute atomic E-state index is 0.348. The summed E-state index contributed by atoms with van der Waals surface area (Å²) in [5.74, 6) is 0.695. The second kappa shape index (κ2) is 14.3. The molecule has 2 aliphatic rings. The van der Waals surface area contributed by atoms with Crippen LogP contribution in [0.25, 0.3) is 0 Å². The molecule has 2 saturated carbocycles. The van der Waals surface area contributed by atoms with Crippen LogP contribution in [0.3, 0.4) is 0 Å². The molecule has 0 bridgehead atoms. The van der Waals surface area contributed by atoms with E-state index in [0.29, 0.717) is 18.4 Å². The third kappa shape index (κ3) is 9.41. The second-order valence-corrected chi connectivity index (χ2v) is 11.9. The van der Waals surface area contributed by atoms with Crippen LogP contribution in [0.5, 0.6) is 0 Å². The van der Waals surface area contributed by atoms with Gasteiger partial charge in [-0.3, -0.25) is 0 Å². The fourth-order valence-corrected chi connectivity index (χ4v) is 5.81. The Labute approximate surface area is 209 Å². The monoisotopic (exact) mass is 479 g/mol. The number of imide groups is 1. The van der Waals surface area contributed by atoms with Gasteiger partial charge in [-0.05, 0) is 71.6 Å². The molecule has 0 aromatic carbocycles. The lowest BCUT2D eigenvalue weighted by Crippen LogP contribution is -2.48. The molecule has 198 valence electrons. The minimum Gasteiger partial charge on any atom is -0.443 e. The molecule has 2 rings (SSSR count). The Morgan fingerprint density at radius 1 is 0.647 bits per heavy atom. The van der Waals surface area contributed by atoms with Crippen molar-refractivity contribution in [3.05, 3.63) is 0 Å². The molecular weight excluding hydrogens is 426 g/mol. The van der Waals surface area contributed by atoms with Gasteiger partial charge in [-0.25, -0.2) is 14.5 Å². The Bertz CT molecular complexity index is 559. The molecule has 34 heavy (non-hydrogen) atoms. The molecule has 5 nitrogen and oxygen atoms in total. The van der Waals surface area contributed by atoms with Crippen molar-refractivity contribution in [3.8, 4) is 0 Å². The number of ether oxygens (including phenoxy) is 2. The van der Waals surface area contributed by atoms with Crippen molar-refractivity contribution in [2.75, 3.05) is 6.54 Å². The average Bonchev–Trinajstić information content (AvgIpc) is 2.81. The summed E-state index contributed by atoms with van der Waals surface area (Å²) in [7, 11) is 0. The van der Waals surface area contributed by atoms with E-state index in [-0.39, 0.29) is 0 Å². The van der Waals surface area contributed by atoms with E-state index in [1.807, 2.05) is 27.7 Å². The van der Waals surface area contributed by atoms with Crippen LogP contribution < -0.4 is 0 Å². The van der Waals surface area contributed by atoms with E-state index in [1.54, 1.807) is 0 Å². The highest BCUT2D eigenvalue weighted by Crippen LogP contribution is 2.37. The third-order valence-electron chi connectivity index (χ3n) is 8.30. The summed E-state index contributed by atoms with van der Waals surface area (Å²) in [4.78, 5) is 27.9. The van der Waals surface area contributed by atoms with E-state index in [9.17, 15) is 9.59 Å². The van der Waals surface area contributed by atoms with Crippen LogP contribution in [0, 0.1) is 11.8 Å². The van der Waals surface area contributed by atoms with Gasteiger partial charge in [0.15, 0.2) is 0 Å². The average molecular weight is 480 g/mol. The summed E-state index contributed by atoms with van der Waals surface area (Å²) in [5.41, 5.74) is -1.15. The Hall–Kier alpha value is -1.26. The zero-order chi connectivity index (χ0) is 25.0. The highest BCUT2D eigenvalue weighted by molar-refractivity contribution is 5.88. The van der Waals surface area contributed by atoms with Gasteiger partial charge < -0.3 is 9.47 Å². The summed E-state index contributed by atoms with van der Waals surface area (Å²) in [5, 5.41) is 0. The van der Waals surface area contributed by atoms with E-state index in [2.05, 4.69) is 6.92 Å². The van der Waals surface area contributed by atoms with E-state index in [1.165, 1.54) is 69.1 Å². The lowest BCUT2D eigenvalue weighted by Gasteiger charge is -2.39. The smallest absolute Gasteiger partial charge is 0.419 e. The lowest BCUT2D eigenvalue weighted by molar-refractivity contribution is -0.0528. The summed E-state index contributed by atoms with van der Waals surface area (Å²) in [6, 6.07) is 0. The van der Waals surface area contributed by atoms with Crippen molar-refractivity contribution in [1.29, 1.82) is 0 Å². The molecule has 0 atom stereocenters. The highest BCUT2D eigenvalue weighted by atomic mass is 16.6. The number of amides is 2. The Kier molecular flexibility index (Phi) is 12.2. The molecule has 0 aromatic heterocycles. The molecule has 0 aromatic rings. The number of carbonyl (C=O) groups excluding carboxylic acids is 2. The molecule has 0 aliphatic heterocycles. The number of hydrogen-bond acceptors (Lipinski definition) is 4. The predicted octanol–water partition coefficient (Wildman–Crippen LogP) is 9.03. The van der Waals surface area contributed by atoms with E-state index < -0.39 is 23.4 Å². The summed E-state index contributed by atoms with van der Waals surface area (Å²) >= 11 is 0. The Morgan fingerprint density at radius 2 is 1.03 bits per heavy atom. The van der Waals surface area contributed by atoms with Gasteiger partial charge in [0.25, 0.3) is 0 Å². The number of nitrogens with zero attached hydrogens (tertiary/aromatic N) is 1. The molecule has 2 fully saturated rings. The lowest BCUT2D eigenvalue weighted by atomic mass is 9.79. The zero-order valence-electron chi connectivity index (χ0n) is 23.0. The van der Waals surface area contributed by atoms with Gasteiger partial charge in [0.2, 0.25) is 0 Å². The van der Waals surface area contributed by atoms with E-state index in [0.717, 1.165) is 44.9 Å². The first-order valence-electron chi connectivity index (χ1n) is 14.4. The van der Waals surface area contributed by atoms with E-state index >= 15 is 0 Å². The van der Waals surface area contributed by atoms with E-state index in [4.69, 9.17) is 9.47 Å². The maximum Gasteiger partial charge on any atom is 0.419 e. The topological polar surface area (TPSA) is 55.8 Å². The first-order chi connectivity index (χ1) is 16.2. The van der Waals surface area contributed by atoms with Crippen LogP contribution in [-0.2, 0) is 9.47 Å². The summed E-state index contributed by atoms with van der Waals surface area (Å²) in [6.07, 6.45) is 18.4. The molecule has 0 N–H and O–H groups in total. The molecular formula is C29H53NO4. The molecule has 0 spiro atoms. The Balaban J connectivity index is 2.00. The van der Waals surface area contributed by atoms with Gasteiger partial charge in [-0.15, -0.1) is 0 Å². The first-order valence-corrected chi connectivity index (χ1v) is 14.4. The van der Waals surface area contributed by atoms with Crippen LogP contribution in [0.2, 0.25) is 0 Å². The summed E-state index contributed by atoms with van der Waals surface area (Å²) < 4.78 is 12.0. The molecule has 0 saturated heterocycles. The minimum atomic E-state index is -0.574. The van der Waals surface area contributed by atoms with Crippen molar-refractivity contribution in [2.24, 2.45) is 11.8 Å². The van der Waals surface area contributed by atoms with Crippen molar-refractivity contribution in [1.82, 2.24) is 4.90 Å². The van der Waals surface area contributed by atoms with Crippen LogP contribution in [0.1, 0.15) is 144 Å². The van der Waals surface area contributed by atoms with Crippen molar-refractivity contribution < 1.29 is 19.1 Å². The van der Waals surface area contributed by atoms with Gasteiger partial charge in [0.05, 0.1) is 0 Å². The molecule has 5 heteroatoms. The fourth-order valence-electron chi connectivity index (χ4n) is 5.81. The normalized spacial score (nSPS) is 18.5. The quantitative estimate of drug-likeness (QED) is 0.262. The van der Waals surface area contributed by atoms with Gasteiger partial charge >= 0.3 is 12.2 Å². The number of carbonyl (C=O) groups is 2. The molecule has 2 amide bonds. The molecule has 0 unspecified atom stereocenters. The highest BCUT2D eigenvalue weighted by Gasteiger charge is 2.40. The van der Waals surface area contributed by atoms with Crippen LogP contribution in [0.4, 0.5) is 9.59 Å². The molecule has 0 radical (unpaired) electrons. The van der Waals surface area contributed by atoms with Crippen LogP contribution in [-0.4, -0.2) is 34.8 Å². The first kappa shape index (κ1) is 29.0. The van der Waals surface area contributed by atoms with Crippen molar-refractivity contribution >= 4 is 12.2 Å². The maximum absolute atomic E-state index is 13.3. The third-order valence-corrected chi connectivity index (χ3v) is 8.30. The van der Waals surface area contributed by atoms with Crippen molar-refractivity contribution in [2.45, 2.75) is 155 Å². The number of hydrogen-bond donors (Lipinski definition) is 0. The molecule has 0 heterocycles. The van der Waals surface area contributed by atoms with Crippen LogP contribution in [0.15, 0.2) is 0 Å². The second-order valence-electron chi connectivity index (χ2n) is 11.9. The van der Waals surface area contributed by atoms with Crippen LogP contribution >= 0.6 is 0 Å². The zero-order valence-corrected chi connectivity index (χ0v) is 23.0. The van der Waals surface area contributed by atoms with Gasteiger partial charge in [0.1, 0.15) is 11.2 Å². The Morgan fingerprint density at radius 3 is 1.44 bits per heavy atom. The predicted molar refractivity (Wildman–Crippen MR) is 139 cm³/mol. The largest absolute Gasteiger partial charge is 0.443 e. The van der Waals surface area contributed by atoms with Gasteiger partial charge in [0, 0.05) is 6.54 Å². The van der Waals surface area contributed by atoms with Crippen molar-refractivity contribution in [3.63, 3.8) is 0 Å². The summed E-state index contributed by atoms with van der Waals surface area (Å²) in [6.45, 7) is 10.6. The number of rotatable bonds is 12.